The highest BCUT2D eigenvalue weighted by molar-refractivity contribution is 5.93. The summed E-state index contributed by atoms with van der Waals surface area (Å²) in [5.41, 5.74) is 7.50. The molecule has 146 valence electrons. The van der Waals surface area contributed by atoms with Crippen molar-refractivity contribution in [3.05, 3.63) is 23.9 Å². The second kappa shape index (κ2) is 7.94. The molecule has 0 aromatic carbocycles. The number of aromatic nitrogens is 1. The summed E-state index contributed by atoms with van der Waals surface area (Å²) < 4.78 is 0. The van der Waals surface area contributed by atoms with Crippen LogP contribution >= 0.6 is 0 Å². The van der Waals surface area contributed by atoms with Crippen LogP contribution < -0.4 is 16.2 Å². The van der Waals surface area contributed by atoms with Crippen LogP contribution in [0, 0.1) is 18.8 Å². The molecule has 2 amide bonds. The molecule has 4 atom stereocenters. The monoisotopic (exact) mass is 371 g/mol. The van der Waals surface area contributed by atoms with E-state index in [1.54, 1.807) is 6.20 Å². The molecule has 1 aliphatic carbocycles. The van der Waals surface area contributed by atoms with Crippen molar-refractivity contribution in [1.82, 2.24) is 20.7 Å². The standard InChI is InChI=1S/C20H29N5O2/c1-13-6-4-10-21-18(13)22-19(26)14-7-5-11-25(12-14)20(27)17-15-8-2-3-9-16(15)23-24-17/h4,6,10,14-17,23-24H,2-3,5,7-9,11-12H2,1H3,(H,21,22,26). The van der Waals surface area contributed by atoms with E-state index in [2.05, 4.69) is 21.2 Å². The van der Waals surface area contributed by atoms with E-state index in [0.717, 1.165) is 37.8 Å². The minimum Gasteiger partial charge on any atom is -0.340 e. The first-order chi connectivity index (χ1) is 13.1. The summed E-state index contributed by atoms with van der Waals surface area (Å²) in [6, 6.07) is 4.03. The van der Waals surface area contributed by atoms with Gasteiger partial charge in [-0.15, -0.1) is 0 Å². The quantitative estimate of drug-likeness (QED) is 0.751. The highest BCUT2D eigenvalue weighted by Gasteiger charge is 2.43. The van der Waals surface area contributed by atoms with Gasteiger partial charge in [-0.05, 0) is 44.2 Å². The molecular weight excluding hydrogens is 342 g/mol. The summed E-state index contributed by atoms with van der Waals surface area (Å²) in [4.78, 5) is 32.0. The Morgan fingerprint density at radius 3 is 2.89 bits per heavy atom. The molecule has 1 aromatic heterocycles. The zero-order valence-corrected chi connectivity index (χ0v) is 15.9. The number of piperidine rings is 1. The van der Waals surface area contributed by atoms with Gasteiger partial charge in [-0.3, -0.25) is 15.0 Å². The molecule has 0 bridgehead atoms. The highest BCUT2D eigenvalue weighted by Crippen LogP contribution is 2.31. The van der Waals surface area contributed by atoms with Crippen LogP contribution in [0.5, 0.6) is 0 Å². The van der Waals surface area contributed by atoms with Gasteiger partial charge in [-0.25, -0.2) is 10.4 Å². The average molecular weight is 371 g/mol. The number of hydrazine groups is 1. The summed E-state index contributed by atoms with van der Waals surface area (Å²) >= 11 is 0. The molecule has 3 heterocycles. The van der Waals surface area contributed by atoms with Crippen molar-refractivity contribution in [2.75, 3.05) is 18.4 Å². The summed E-state index contributed by atoms with van der Waals surface area (Å²) in [6.07, 6.45) is 8.01. The van der Waals surface area contributed by atoms with Crippen LogP contribution in [-0.4, -0.2) is 46.9 Å². The maximum atomic E-state index is 13.1. The molecule has 0 spiro atoms. The number of amides is 2. The van der Waals surface area contributed by atoms with Gasteiger partial charge in [0.2, 0.25) is 11.8 Å². The molecule has 4 unspecified atom stereocenters. The zero-order valence-electron chi connectivity index (χ0n) is 15.9. The van der Waals surface area contributed by atoms with Crippen LogP contribution in [0.3, 0.4) is 0 Å². The van der Waals surface area contributed by atoms with E-state index in [1.807, 2.05) is 24.0 Å². The fourth-order valence-corrected chi connectivity index (χ4v) is 4.71. The van der Waals surface area contributed by atoms with E-state index in [4.69, 9.17) is 0 Å². The Balaban J connectivity index is 1.38. The first-order valence-corrected chi connectivity index (χ1v) is 10.2. The summed E-state index contributed by atoms with van der Waals surface area (Å²) in [5, 5.41) is 2.94. The summed E-state index contributed by atoms with van der Waals surface area (Å²) in [6.45, 7) is 3.16. The minimum absolute atomic E-state index is 0.0395. The second-order valence-corrected chi connectivity index (χ2v) is 8.10. The molecule has 3 aliphatic rings. The van der Waals surface area contributed by atoms with Crippen LogP contribution in [0.1, 0.15) is 44.1 Å². The summed E-state index contributed by atoms with van der Waals surface area (Å²) in [5.74, 6) is 0.903. The van der Waals surface area contributed by atoms with Crippen molar-refractivity contribution in [3.8, 4) is 0 Å². The maximum Gasteiger partial charge on any atom is 0.241 e. The van der Waals surface area contributed by atoms with E-state index >= 15 is 0 Å². The predicted molar refractivity (Wildman–Crippen MR) is 103 cm³/mol. The Hall–Kier alpha value is -1.99. The lowest BCUT2D eigenvalue weighted by atomic mass is 9.81. The van der Waals surface area contributed by atoms with Gasteiger partial charge in [0.05, 0.1) is 5.92 Å². The number of hydrogen-bond acceptors (Lipinski definition) is 5. The van der Waals surface area contributed by atoms with Gasteiger partial charge in [0.25, 0.3) is 0 Å². The fourth-order valence-electron chi connectivity index (χ4n) is 4.71. The van der Waals surface area contributed by atoms with Gasteiger partial charge in [0, 0.05) is 31.2 Å². The Kier molecular flexibility index (Phi) is 5.41. The van der Waals surface area contributed by atoms with Crippen LogP contribution in [-0.2, 0) is 9.59 Å². The molecule has 7 heteroatoms. The number of likely N-dealkylation sites (tertiary alicyclic amines) is 1. The van der Waals surface area contributed by atoms with Gasteiger partial charge in [0.1, 0.15) is 11.9 Å². The minimum atomic E-state index is -0.180. The van der Waals surface area contributed by atoms with Crippen LogP contribution in [0.25, 0.3) is 0 Å². The number of fused-ring (bicyclic) bond motifs is 1. The topological polar surface area (TPSA) is 86.4 Å². The van der Waals surface area contributed by atoms with E-state index < -0.39 is 0 Å². The predicted octanol–water partition coefficient (Wildman–Crippen LogP) is 1.60. The van der Waals surface area contributed by atoms with Crippen molar-refractivity contribution in [2.24, 2.45) is 11.8 Å². The molecule has 1 saturated carbocycles. The molecule has 7 nitrogen and oxygen atoms in total. The Morgan fingerprint density at radius 2 is 2.04 bits per heavy atom. The SMILES string of the molecule is Cc1cccnc1NC(=O)C1CCCN(C(=O)C2NNC3CCCCC32)C1. The molecule has 2 aliphatic heterocycles. The number of carbonyl (C=O) groups excluding carboxylic acids is 2. The molecule has 0 radical (unpaired) electrons. The van der Waals surface area contributed by atoms with Crippen molar-refractivity contribution in [1.29, 1.82) is 0 Å². The van der Waals surface area contributed by atoms with Crippen molar-refractivity contribution >= 4 is 17.6 Å². The number of anilines is 1. The molecule has 1 aromatic rings. The average Bonchev–Trinajstić information content (AvgIpc) is 3.13. The van der Waals surface area contributed by atoms with Crippen molar-refractivity contribution in [3.63, 3.8) is 0 Å². The lowest BCUT2D eigenvalue weighted by molar-refractivity contribution is -0.137. The van der Waals surface area contributed by atoms with E-state index in [9.17, 15) is 9.59 Å². The van der Waals surface area contributed by atoms with Crippen LogP contribution in [0.4, 0.5) is 5.82 Å². The van der Waals surface area contributed by atoms with Gasteiger partial charge >= 0.3 is 0 Å². The number of hydrogen-bond donors (Lipinski definition) is 3. The molecule has 2 saturated heterocycles. The molecular formula is C20H29N5O2. The largest absolute Gasteiger partial charge is 0.340 e. The normalized spacial score (nSPS) is 30.6. The van der Waals surface area contributed by atoms with Gasteiger partial charge in [0.15, 0.2) is 0 Å². The fraction of sp³-hybridized carbons (Fsp3) is 0.650. The van der Waals surface area contributed by atoms with Gasteiger partial charge in [-0.2, -0.15) is 0 Å². The third kappa shape index (κ3) is 3.84. The Labute approximate surface area is 160 Å². The van der Waals surface area contributed by atoms with Gasteiger partial charge in [-0.1, -0.05) is 18.9 Å². The number of nitrogens with one attached hydrogen (secondary N) is 3. The van der Waals surface area contributed by atoms with E-state index in [-0.39, 0.29) is 23.8 Å². The highest BCUT2D eigenvalue weighted by atomic mass is 16.2. The van der Waals surface area contributed by atoms with Crippen molar-refractivity contribution in [2.45, 2.75) is 57.5 Å². The number of rotatable bonds is 3. The second-order valence-electron chi connectivity index (χ2n) is 8.10. The summed E-state index contributed by atoms with van der Waals surface area (Å²) in [7, 11) is 0. The molecule has 27 heavy (non-hydrogen) atoms. The number of aryl methyl sites for hydroxylation is 1. The lowest BCUT2D eigenvalue weighted by Gasteiger charge is -2.35. The lowest BCUT2D eigenvalue weighted by Crippen LogP contribution is -2.52. The Bertz CT molecular complexity index is 709. The van der Waals surface area contributed by atoms with Crippen LogP contribution in [0.15, 0.2) is 18.3 Å². The third-order valence-electron chi connectivity index (χ3n) is 6.29. The zero-order chi connectivity index (χ0) is 18.8. The first kappa shape index (κ1) is 18.4. The van der Waals surface area contributed by atoms with E-state index in [0.29, 0.717) is 24.3 Å². The third-order valence-corrected chi connectivity index (χ3v) is 6.29. The molecule has 3 fully saturated rings. The molecule has 4 rings (SSSR count). The van der Waals surface area contributed by atoms with Crippen molar-refractivity contribution < 1.29 is 9.59 Å². The number of nitrogens with zero attached hydrogens (tertiary/aromatic N) is 2. The Morgan fingerprint density at radius 1 is 1.19 bits per heavy atom. The number of carbonyl (C=O) groups is 2. The number of pyridine rings is 1. The maximum absolute atomic E-state index is 13.1. The van der Waals surface area contributed by atoms with Gasteiger partial charge < -0.3 is 10.2 Å². The van der Waals surface area contributed by atoms with Crippen LogP contribution in [0.2, 0.25) is 0 Å². The first-order valence-electron chi connectivity index (χ1n) is 10.2. The smallest absolute Gasteiger partial charge is 0.241 e. The molecule has 3 N–H and O–H groups in total. The van der Waals surface area contributed by atoms with E-state index in [1.165, 1.54) is 12.8 Å².